The van der Waals surface area contributed by atoms with Gasteiger partial charge in [0.2, 0.25) is 0 Å². The summed E-state index contributed by atoms with van der Waals surface area (Å²) in [5.74, 6) is 0.0845. The monoisotopic (exact) mass is 399 g/mol. The van der Waals surface area contributed by atoms with E-state index in [2.05, 4.69) is 21.7 Å². The number of fused-ring (bicyclic) bond motifs is 1. The van der Waals surface area contributed by atoms with E-state index in [0.29, 0.717) is 17.3 Å². The summed E-state index contributed by atoms with van der Waals surface area (Å²) in [7, 11) is 0. The first kappa shape index (κ1) is 19.8. The van der Waals surface area contributed by atoms with Crippen molar-refractivity contribution in [2.45, 2.75) is 38.6 Å². The lowest BCUT2D eigenvalue weighted by Gasteiger charge is -2.18. The van der Waals surface area contributed by atoms with E-state index in [1.807, 2.05) is 6.07 Å². The zero-order chi connectivity index (χ0) is 19.4. The predicted octanol–water partition coefficient (Wildman–Crippen LogP) is 4.36. The Morgan fingerprint density at radius 3 is 2.70 bits per heavy atom. The van der Waals surface area contributed by atoms with E-state index in [-0.39, 0.29) is 5.75 Å². The molecule has 1 atom stereocenters. The largest absolute Gasteiger partial charge is 0.480 e. The standard InChI is InChI=1S/C19H21ClF3N3O/c1-12(19(21,22)23)27-15-4-3-14(25-11-15)10-26-18-16-7-9-24-8-6-13(16)2-5-17(18)20/h2-5,11-12,24,26H,6-10H2,1H3. The average molecular weight is 400 g/mol. The SMILES string of the molecule is CC(Oc1ccc(CNc2c(Cl)ccc3c2CCNCC3)nc1)C(F)(F)F. The molecule has 0 amide bonds. The molecule has 1 aromatic carbocycles. The summed E-state index contributed by atoms with van der Waals surface area (Å²) < 4.78 is 42.5. The number of halogens is 4. The van der Waals surface area contributed by atoms with E-state index in [1.165, 1.54) is 23.4 Å². The van der Waals surface area contributed by atoms with E-state index in [9.17, 15) is 13.2 Å². The van der Waals surface area contributed by atoms with Crippen LogP contribution >= 0.6 is 11.6 Å². The minimum Gasteiger partial charge on any atom is -0.480 e. The van der Waals surface area contributed by atoms with Gasteiger partial charge in [-0.25, -0.2) is 0 Å². The Morgan fingerprint density at radius 2 is 2.00 bits per heavy atom. The first-order valence-corrected chi connectivity index (χ1v) is 9.15. The molecule has 0 spiro atoms. The number of hydrogen-bond donors (Lipinski definition) is 2. The van der Waals surface area contributed by atoms with Crippen LogP contribution in [-0.4, -0.2) is 30.4 Å². The van der Waals surface area contributed by atoms with Gasteiger partial charge in [-0.1, -0.05) is 17.7 Å². The van der Waals surface area contributed by atoms with Crippen molar-refractivity contribution in [2.75, 3.05) is 18.4 Å². The highest BCUT2D eigenvalue weighted by Gasteiger charge is 2.38. The molecule has 0 saturated heterocycles. The summed E-state index contributed by atoms with van der Waals surface area (Å²) in [6.07, 6.45) is -3.15. The summed E-state index contributed by atoms with van der Waals surface area (Å²) in [5.41, 5.74) is 4.05. The van der Waals surface area contributed by atoms with Crippen molar-refractivity contribution in [3.63, 3.8) is 0 Å². The number of aromatic nitrogens is 1. The third-order valence-corrected chi connectivity index (χ3v) is 4.81. The van der Waals surface area contributed by atoms with Gasteiger partial charge in [-0.2, -0.15) is 13.2 Å². The van der Waals surface area contributed by atoms with Crippen LogP contribution in [0.25, 0.3) is 0 Å². The van der Waals surface area contributed by atoms with Crippen LogP contribution in [0.3, 0.4) is 0 Å². The Labute approximate surface area is 161 Å². The van der Waals surface area contributed by atoms with Gasteiger partial charge in [-0.05, 0) is 62.2 Å². The Bertz CT molecular complexity index is 781. The number of rotatable bonds is 5. The van der Waals surface area contributed by atoms with Crippen LogP contribution < -0.4 is 15.4 Å². The van der Waals surface area contributed by atoms with Crippen molar-refractivity contribution in [3.8, 4) is 5.75 Å². The van der Waals surface area contributed by atoms with E-state index in [4.69, 9.17) is 16.3 Å². The number of hydrogen-bond acceptors (Lipinski definition) is 4. The lowest BCUT2D eigenvalue weighted by Crippen LogP contribution is -2.31. The Kier molecular flexibility index (Phi) is 6.11. The van der Waals surface area contributed by atoms with Crippen molar-refractivity contribution < 1.29 is 17.9 Å². The molecule has 27 heavy (non-hydrogen) atoms. The normalized spacial score (nSPS) is 15.6. The third-order valence-electron chi connectivity index (χ3n) is 4.50. The second kappa shape index (κ2) is 8.35. The second-order valence-corrected chi connectivity index (χ2v) is 6.86. The smallest absolute Gasteiger partial charge is 0.425 e. The summed E-state index contributed by atoms with van der Waals surface area (Å²) in [6, 6.07) is 7.07. The van der Waals surface area contributed by atoms with E-state index < -0.39 is 12.3 Å². The van der Waals surface area contributed by atoms with Gasteiger partial charge >= 0.3 is 6.18 Å². The van der Waals surface area contributed by atoms with Crippen molar-refractivity contribution >= 4 is 17.3 Å². The molecule has 146 valence electrons. The summed E-state index contributed by atoms with van der Waals surface area (Å²) in [4.78, 5) is 4.18. The average Bonchev–Trinajstić information content (AvgIpc) is 2.87. The lowest BCUT2D eigenvalue weighted by atomic mass is 10.0. The molecular weight excluding hydrogens is 379 g/mol. The fraction of sp³-hybridized carbons (Fsp3) is 0.421. The van der Waals surface area contributed by atoms with Crippen molar-refractivity contribution in [1.29, 1.82) is 0 Å². The molecule has 2 N–H and O–H groups in total. The molecule has 3 rings (SSSR count). The van der Waals surface area contributed by atoms with Crippen LogP contribution in [0.2, 0.25) is 5.02 Å². The number of ether oxygens (including phenoxy) is 1. The third kappa shape index (κ3) is 5.05. The molecular formula is C19H21ClF3N3O. The summed E-state index contributed by atoms with van der Waals surface area (Å²) >= 11 is 6.38. The van der Waals surface area contributed by atoms with Crippen molar-refractivity contribution in [3.05, 3.63) is 52.3 Å². The van der Waals surface area contributed by atoms with Gasteiger partial charge in [0.15, 0.2) is 6.10 Å². The van der Waals surface area contributed by atoms with Gasteiger partial charge in [0, 0.05) is 0 Å². The van der Waals surface area contributed by atoms with Gasteiger partial charge < -0.3 is 15.4 Å². The van der Waals surface area contributed by atoms with E-state index >= 15 is 0 Å². The molecule has 8 heteroatoms. The highest BCUT2D eigenvalue weighted by Crippen LogP contribution is 2.31. The van der Waals surface area contributed by atoms with Crippen LogP contribution in [0.15, 0.2) is 30.5 Å². The number of nitrogens with zero attached hydrogens (tertiary/aromatic N) is 1. The second-order valence-electron chi connectivity index (χ2n) is 6.45. The molecule has 0 bridgehead atoms. The molecule has 4 nitrogen and oxygen atoms in total. The number of pyridine rings is 1. The minimum atomic E-state index is -4.41. The van der Waals surface area contributed by atoms with Gasteiger partial charge in [-0.3, -0.25) is 4.98 Å². The number of nitrogens with one attached hydrogen (secondary N) is 2. The van der Waals surface area contributed by atoms with Gasteiger partial charge in [0.1, 0.15) is 5.75 Å². The fourth-order valence-electron chi connectivity index (χ4n) is 2.97. The predicted molar refractivity (Wildman–Crippen MR) is 99.4 cm³/mol. The molecule has 1 aliphatic rings. The number of alkyl halides is 3. The highest BCUT2D eigenvalue weighted by molar-refractivity contribution is 6.33. The Hall–Kier alpha value is -1.99. The van der Waals surface area contributed by atoms with Crippen molar-refractivity contribution in [1.82, 2.24) is 10.3 Å². The van der Waals surface area contributed by atoms with Crippen LogP contribution in [0, 0.1) is 0 Å². The zero-order valence-corrected chi connectivity index (χ0v) is 15.6. The lowest BCUT2D eigenvalue weighted by molar-refractivity contribution is -0.189. The van der Waals surface area contributed by atoms with Crippen LogP contribution in [0.4, 0.5) is 18.9 Å². The molecule has 0 aliphatic carbocycles. The van der Waals surface area contributed by atoms with Crippen molar-refractivity contribution in [2.24, 2.45) is 0 Å². The number of benzene rings is 1. The van der Waals surface area contributed by atoms with E-state index in [0.717, 1.165) is 38.5 Å². The minimum absolute atomic E-state index is 0.0845. The van der Waals surface area contributed by atoms with E-state index in [1.54, 1.807) is 6.07 Å². The molecule has 0 radical (unpaired) electrons. The summed E-state index contributed by atoms with van der Waals surface area (Å²) in [6.45, 7) is 3.21. The molecule has 1 unspecified atom stereocenters. The van der Waals surface area contributed by atoms with Gasteiger partial charge in [-0.15, -0.1) is 0 Å². The maximum atomic E-state index is 12.6. The summed E-state index contributed by atoms with van der Waals surface area (Å²) in [5, 5.41) is 7.34. The number of anilines is 1. The maximum absolute atomic E-state index is 12.6. The van der Waals surface area contributed by atoms with Gasteiger partial charge in [0.25, 0.3) is 0 Å². The first-order valence-electron chi connectivity index (χ1n) is 8.77. The van der Waals surface area contributed by atoms with Gasteiger partial charge in [0.05, 0.1) is 29.1 Å². The van der Waals surface area contributed by atoms with Crippen LogP contribution in [-0.2, 0) is 19.4 Å². The Morgan fingerprint density at radius 1 is 1.22 bits per heavy atom. The first-order chi connectivity index (χ1) is 12.8. The molecule has 1 aromatic heterocycles. The molecule has 2 aromatic rings. The molecule has 2 heterocycles. The molecule has 0 saturated carbocycles. The fourth-order valence-corrected chi connectivity index (χ4v) is 3.21. The highest BCUT2D eigenvalue weighted by atomic mass is 35.5. The van der Waals surface area contributed by atoms with Crippen LogP contribution in [0.5, 0.6) is 5.75 Å². The van der Waals surface area contributed by atoms with Crippen LogP contribution in [0.1, 0.15) is 23.7 Å². The molecule has 1 aliphatic heterocycles. The maximum Gasteiger partial charge on any atom is 0.425 e. The topological polar surface area (TPSA) is 46.2 Å². The quantitative estimate of drug-likeness (QED) is 0.784. The molecule has 0 fully saturated rings. The zero-order valence-electron chi connectivity index (χ0n) is 14.9. The Balaban J connectivity index is 1.67.